The second-order valence-corrected chi connectivity index (χ2v) is 7.20. The fourth-order valence-electron chi connectivity index (χ4n) is 3.54. The van der Waals surface area contributed by atoms with Gasteiger partial charge < -0.3 is 14.5 Å². The lowest BCUT2D eigenvalue weighted by Gasteiger charge is -2.35. The van der Waals surface area contributed by atoms with E-state index in [1.54, 1.807) is 7.11 Å². The highest BCUT2D eigenvalue weighted by molar-refractivity contribution is 5.95. The molecule has 1 aliphatic carbocycles. The maximum absolute atomic E-state index is 12.9. The van der Waals surface area contributed by atoms with Crippen LogP contribution in [0.4, 0.5) is 0 Å². The summed E-state index contributed by atoms with van der Waals surface area (Å²) in [5.41, 5.74) is 2.68. The van der Waals surface area contributed by atoms with Gasteiger partial charge in [-0.25, -0.2) is 0 Å². The quantitative estimate of drug-likeness (QED) is 0.838. The first-order valence-corrected chi connectivity index (χ1v) is 9.48. The highest BCUT2D eigenvalue weighted by Crippen LogP contribution is 2.31. The zero-order valence-corrected chi connectivity index (χ0v) is 15.6. The molecule has 0 bridgehead atoms. The molecule has 1 saturated carbocycles. The van der Waals surface area contributed by atoms with Crippen molar-refractivity contribution < 1.29 is 14.3 Å². The predicted molar refractivity (Wildman–Crippen MR) is 104 cm³/mol. The van der Waals surface area contributed by atoms with Crippen LogP contribution in [0.5, 0.6) is 5.75 Å². The van der Waals surface area contributed by atoms with E-state index < -0.39 is 0 Å². The van der Waals surface area contributed by atoms with Gasteiger partial charge in [0.1, 0.15) is 5.75 Å². The number of methoxy groups -OCH3 is 1. The Hall–Kier alpha value is -2.82. The van der Waals surface area contributed by atoms with Gasteiger partial charge >= 0.3 is 0 Å². The van der Waals surface area contributed by atoms with E-state index in [0.29, 0.717) is 31.7 Å². The number of carbonyl (C=O) groups excluding carboxylic acids is 2. The van der Waals surface area contributed by atoms with Crippen molar-refractivity contribution in [1.82, 2.24) is 9.80 Å². The lowest BCUT2D eigenvalue weighted by molar-refractivity contribution is -0.134. The summed E-state index contributed by atoms with van der Waals surface area (Å²) in [6.45, 7) is 2.47. The standard InChI is InChI=1S/C22H24N2O3/c1-27-20-7-3-5-18(15-20)17-4-2-6-19(14-17)22(26)24-12-10-23(11-13-24)21(25)16-8-9-16/h2-7,14-16H,8-13H2,1H3. The monoisotopic (exact) mass is 364 g/mol. The van der Waals surface area contributed by atoms with Crippen molar-refractivity contribution in [2.75, 3.05) is 33.3 Å². The molecular formula is C22H24N2O3. The topological polar surface area (TPSA) is 49.9 Å². The third-order valence-electron chi connectivity index (χ3n) is 5.32. The van der Waals surface area contributed by atoms with Gasteiger partial charge in [0, 0.05) is 37.7 Å². The number of hydrogen-bond acceptors (Lipinski definition) is 3. The molecule has 1 aliphatic heterocycles. The van der Waals surface area contributed by atoms with Gasteiger partial charge in [0.05, 0.1) is 7.11 Å². The highest BCUT2D eigenvalue weighted by Gasteiger charge is 2.35. The average Bonchev–Trinajstić information content (AvgIpc) is 3.58. The number of piperazine rings is 1. The molecular weight excluding hydrogens is 340 g/mol. The van der Waals surface area contributed by atoms with E-state index in [1.165, 1.54) is 0 Å². The summed E-state index contributed by atoms with van der Waals surface area (Å²) in [7, 11) is 1.65. The van der Waals surface area contributed by atoms with Crippen molar-refractivity contribution in [3.63, 3.8) is 0 Å². The molecule has 27 heavy (non-hydrogen) atoms. The summed E-state index contributed by atoms with van der Waals surface area (Å²) in [6, 6.07) is 15.5. The smallest absolute Gasteiger partial charge is 0.253 e. The minimum absolute atomic E-state index is 0.0262. The third-order valence-corrected chi connectivity index (χ3v) is 5.32. The van der Waals surface area contributed by atoms with Crippen molar-refractivity contribution in [3.8, 4) is 16.9 Å². The molecule has 5 heteroatoms. The number of hydrogen-bond donors (Lipinski definition) is 0. The zero-order valence-electron chi connectivity index (χ0n) is 15.6. The fourth-order valence-corrected chi connectivity index (χ4v) is 3.54. The van der Waals surface area contributed by atoms with Crippen LogP contribution in [0, 0.1) is 5.92 Å². The van der Waals surface area contributed by atoms with Crippen LogP contribution in [0.25, 0.3) is 11.1 Å². The van der Waals surface area contributed by atoms with E-state index in [0.717, 1.165) is 29.7 Å². The lowest BCUT2D eigenvalue weighted by Crippen LogP contribution is -2.51. The first-order valence-electron chi connectivity index (χ1n) is 9.48. The number of nitrogens with zero attached hydrogens (tertiary/aromatic N) is 2. The molecule has 140 valence electrons. The molecule has 2 amide bonds. The Bertz CT molecular complexity index is 852. The summed E-state index contributed by atoms with van der Waals surface area (Å²) in [5, 5.41) is 0. The van der Waals surface area contributed by atoms with Gasteiger partial charge in [-0.15, -0.1) is 0 Å². The van der Waals surface area contributed by atoms with Crippen molar-refractivity contribution in [3.05, 3.63) is 54.1 Å². The number of benzene rings is 2. The second kappa shape index (κ2) is 7.43. The van der Waals surface area contributed by atoms with Crippen LogP contribution in [0.1, 0.15) is 23.2 Å². The number of carbonyl (C=O) groups is 2. The summed E-state index contributed by atoms with van der Waals surface area (Å²) in [4.78, 5) is 28.9. The number of amides is 2. The first-order chi connectivity index (χ1) is 13.2. The number of ether oxygens (including phenoxy) is 1. The predicted octanol–water partition coefficient (Wildman–Crippen LogP) is 3.06. The molecule has 2 aromatic rings. The largest absolute Gasteiger partial charge is 0.497 e. The van der Waals surface area contributed by atoms with Crippen LogP contribution in [0.2, 0.25) is 0 Å². The molecule has 0 unspecified atom stereocenters. The van der Waals surface area contributed by atoms with E-state index in [4.69, 9.17) is 4.74 Å². The van der Waals surface area contributed by atoms with E-state index in [-0.39, 0.29) is 17.7 Å². The molecule has 0 aromatic heterocycles. The van der Waals surface area contributed by atoms with Crippen molar-refractivity contribution in [2.45, 2.75) is 12.8 Å². The summed E-state index contributed by atoms with van der Waals surface area (Å²) < 4.78 is 5.29. The van der Waals surface area contributed by atoms with Crippen molar-refractivity contribution >= 4 is 11.8 Å². The van der Waals surface area contributed by atoms with Crippen molar-refractivity contribution in [2.24, 2.45) is 5.92 Å². The molecule has 2 aromatic carbocycles. The van der Waals surface area contributed by atoms with Crippen LogP contribution in [0.3, 0.4) is 0 Å². The second-order valence-electron chi connectivity index (χ2n) is 7.20. The lowest BCUT2D eigenvalue weighted by atomic mass is 10.0. The van der Waals surface area contributed by atoms with E-state index in [1.807, 2.05) is 58.3 Å². The molecule has 0 N–H and O–H groups in total. The Balaban J connectivity index is 1.45. The van der Waals surface area contributed by atoms with Crippen LogP contribution in [0.15, 0.2) is 48.5 Å². The highest BCUT2D eigenvalue weighted by atomic mass is 16.5. The molecule has 1 saturated heterocycles. The molecule has 0 radical (unpaired) electrons. The van der Waals surface area contributed by atoms with Gasteiger partial charge in [-0.05, 0) is 48.2 Å². The van der Waals surface area contributed by atoms with Crippen molar-refractivity contribution in [1.29, 1.82) is 0 Å². The van der Waals surface area contributed by atoms with Gasteiger partial charge in [0.2, 0.25) is 5.91 Å². The molecule has 0 atom stereocenters. The minimum Gasteiger partial charge on any atom is -0.497 e. The Kier molecular flexibility index (Phi) is 4.84. The van der Waals surface area contributed by atoms with E-state index in [9.17, 15) is 9.59 Å². The maximum atomic E-state index is 12.9. The Labute approximate surface area is 159 Å². The van der Waals surface area contributed by atoms with Crippen LogP contribution >= 0.6 is 0 Å². The summed E-state index contributed by atoms with van der Waals surface area (Å²) in [6.07, 6.45) is 2.05. The third kappa shape index (κ3) is 3.82. The van der Waals surface area contributed by atoms with Crippen LogP contribution in [-0.2, 0) is 4.79 Å². The first kappa shape index (κ1) is 17.6. The molecule has 4 rings (SSSR count). The Morgan fingerprint density at radius 1 is 0.889 bits per heavy atom. The molecule has 2 aliphatic rings. The minimum atomic E-state index is 0.0262. The Morgan fingerprint density at radius 2 is 1.52 bits per heavy atom. The van der Waals surface area contributed by atoms with Gasteiger partial charge in [-0.3, -0.25) is 9.59 Å². The maximum Gasteiger partial charge on any atom is 0.253 e. The van der Waals surface area contributed by atoms with Crippen LogP contribution in [-0.4, -0.2) is 54.9 Å². The number of rotatable bonds is 4. The molecule has 5 nitrogen and oxygen atoms in total. The summed E-state index contributed by atoms with van der Waals surface area (Å²) in [5.74, 6) is 1.33. The Morgan fingerprint density at radius 3 is 2.19 bits per heavy atom. The van der Waals surface area contributed by atoms with E-state index in [2.05, 4.69) is 0 Å². The fraction of sp³-hybridized carbons (Fsp3) is 0.364. The van der Waals surface area contributed by atoms with Gasteiger partial charge in [-0.2, -0.15) is 0 Å². The SMILES string of the molecule is COc1cccc(-c2cccc(C(=O)N3CCN(C(=O)C4CC4)CC3)c2)c1. The van der Waals surface area contributed by atoms with Gasteiger partial charge in [0.15, 0.2) is 0 Å². The zero-order chi connectivity index (χ0) is 18.8. The van der Waals surface area contributed by atoms with Crippen LogP contribution < -0.4 is 4.74 Å². The summed E-state index contributed by atoms with van der Waals surface area (Å²) >= 11 is 0. The molecule has 2 fully saturated rings. The molecule has 1 heterocycles. The van der Waals surface area contributed by atoms with E-state index >= 15 is 0 Å². The normalized spacial score (nSPS) is 16.9. The van der Waals surface area contributed by atoms with Gasteiger partial charge in [0.25, 0.3) is 5.91 Å². The molecule has 0 spiro atoms. The van der Waals surface area contributed by atoms with Gasteiger partial charge in [-0.1, -0.05) is 24.3 Å². The average molecular weight is 364 g/mol.